The van der Waals surface area contributed by atoms with Crippen LogP contribution in [-0.2, 0) is 23.9 Å². The number of esters is 3. The summed E-state index contributed by atoms with van der Waals surface area (Å²) in [7, 11) is 2.93. The van der Waals surface area contributed by atoms with Crippen molar-refractivity contribution in [3.8, 4) is 45.3 Å². The van der Waals surface area contributed by atoms with Crippen molar-refractivity contribution in [3.05, 3.63) is 97.6 Å². The van der Waals surface area contributed by atoms with Crippen LogP contribution in [0.25, 0.3) is 22.3 Å². The second-order valence-corrected chi connectivity index (χ2v) is 9.57. The predicted octanol–water partition coefficient (Wildman–Crippen LogP) is 6.51. The molecule has 0 spiro atoms. The molecule has 0 aliphatic rings. The van der Waals surface area contributed by atoms with Crippen molar-refractivity contribution in [2.24, 2.45) is 0 Å². The van der Waals surface area contributed by atoms with Crippen LogP contribution in [0.4, 0.5) is 0 Å². The van der Waals surface area contributed by atoms with Gasteiger partial charge in [-0.3, -0.25) is 0 Å². The van der Waals surface area contributed by atoms with Crippen LogP contribution < -0.4 is 18.9 Å². The number of carbonyl (C=O) groups excluding carboxylic acids is 3. The van der Waals surface area contributed by atoms with Gasteiger partial charge in [0.2, 0.25) is 0 Å². The highest BCUT2D eigenvalue weighted by atomic mass is 16.5. The molecule has 0 aliphatic heterocycles. The van der Waals surface area contributed by atoms with Gasteiger partial charge in [-0.1, -0.05) is 57.3 Å². The zero-order valence-electron chi connectivity index (χ0n) is 25.2. The summed E-state index contributed by atoms with van der Waals surface area (Å²) in [5.41, 5.74) is 3.00. The standard InChI is InChI=1S/C35H36O9/c1-7-9-18-41-31-19-30(26-12-16-28(17-13-26)43-35(38)24(4)22-40-6)32(44-33(36)8-2)20-29(31)25-10-14-27(15-11-25)42-34(37)23(3)21-39-5/h8,10-17,19-20H,2-4,7,9,18,21-22H2,1,5-6H3. The molecule has 0 heterocycles. The number of methoxy groups -OCH3 is 2. The van der Waals surface area contributed by atoms with Gasteiger partial charge in [0.05, 0.1) is 31.0 Å². The number of ether oxygens (including phenoxy) is 6. The van der Waals surface area contributed by atoms with E-state index < -0.39 is 17.9 Å². The quantitative estimate of drug-likeness (QED) is 0.0787. The molecule has 3 rings (SSSR count). The fraction of sp³-hybridized carbons (Fsp3) is 0.229. The van der Waals surface area contributed by atoms with E-state index in [4.69, 9.17) is 28.4 Å². The first-order valence-corrected chi connectivity index (χ1v) is 13.8. The van der Waals surface area contributed by atoms with Crippen molar-refractivity contribution in [1.82, 2.24) is 0 Å². The Hall–Kier alpha value is -4.99. The average molecular weight is 601 g/mol. The lowest BCUT2D eigenvalue weighted by Crippen LogP contribution is -2.13. The van der Waals surface area contributed by atoms with Crippen LogP contribution in [0, 0.1) is 0 Å². The number of hydrogen-bond acceptors (Lipinski definition) is 9. The molecule has 0 aliphatic carbocycles. The normalized spacial score (nSPS) is 10.4. The summed E-state index contributed by atoms with van der Waals surface area (Å²) in [6.45, 7) is 13.5. The van der Waals surface area contributed by atoms with Crippen molar-refractivity contribution >= 4 is 17.9 Å². The topological polar surface area (TPSA) is 107 Å². The Labute approximate surface area is 257 Å². The second-order valence-electron chi connectivity index (χ2n) is 9.57. The van der Waals surface area contributed by atoms with Gasteiger partial charge in [0.1, 0.15) is 23.0 Å². The van der Waals surface area contributed by atoms with E-state index in [-0.39, 0.29) is 30.1 Å². The third kappa shape index (κ3) is 9.26. The summed E-state index contributed by atoms with van der Waals surface area (Å²) in [4.78, 5) is 36.8. The Morgan fingerprint density at radius 2 is 1.16 bits per heavy atom. The lowest BCUT2D eigenvalue weighted by molar-refractivity contribution is -0.131. The van der Waals surface area contributed by atoms with Crippen molar-refractivity contribution in [1.29, 1.82) is 0 Å². The highest BCUT2D eigenvalue weighted by Gasteiger charge is 2.19. The van der Waals surface area contributed by atoms with Crippen LogP contribution in [0.15, 0.2) is 97.6 Å². The summed E-state index contributed by atoms with van der Waals surface area (Å²) >= 11 is 0. The number of unbranched alkanes of at least 4 members (excludes halogenated alkanes) is 1. The Morgan fingerprint density at radius 1 is 0.705 bits per heavy atom. The third-order valence-corrected chi connectivity index (χ3v) is 6.18. The van der Waals surface area contributed by atoms with E-state index in [1.54, 1.807) is 60.7 Å². The minimum atomic E-state index is -0.641. The van der Waals surface area contributed by atoms with Gasteiger partial charge in [-0.2, -0.15) is 0 Å². The molecule has 44 heavy (non-hydrogen) atoms. The highest BCUT2D eigenvalue weighted by Crippen LogP contribution is 2.42. The number of rotatable bonds is 16. The van der Waals surface area contributed by atoms with Crippen LogP contribution in [0.1, 0.15) is 19.8 Å². The first kappa shape index (κ1) is 33.5. The predicted molar refractivity (Wildman–Crippen MR) is 167 cm³/mol. The van der Waals surface area contributed by atoms with E-state index in [0.29, 0.717) is 40.5 Å². The fourth-order valence-electron chi connectivity index (χ4n) is 3.92. The van der Waals surface area contributed by atoms with Crippen molar-refractivity contribution < 1.29 is 42.8 Å². The molecule has 0 fully saturated rings. The van der Waals surface area contributed by atoms with Gasteiger partial charge in [-0.25, -0.2) is 14.4 Å². The molecule has 230 valence electrons. The molecule has 0 unspecified atom stereocenters. The molecule has 9 nitrogen and oxygen atoms in total. The molecule has 0 atom stereocenters. The smallest absolute Gasteiger partial charge is 0.341 e. The number of carbonyl (C=O) groups is 3. The van der Waals surface area contributed by atoms with Gasteiger partial charge in [0.25, 0.3) is 0 Å². The van der Waals surface area contributed by atoms with Gasteiger partial charge < -0.3 is 28.4 Å². The minimum Gasteiger partial charge on any atom is -0.493 e. The molecule has 0 N–H and O–H groups in total. The average Bonchev–Trinajstić information content (AvgIpc) is 3.02. The van der Waals surface area contributed by atoms with Gasteiger partial charge >= 0.3 is 17.9 Å². The molecule has 3 aromatic carbocycles. The van der Waals surface area contributed by atoms with Crippen molar-refractivity contribution in [3.63, 3.8) is 0 Å². The highest BCUT2D eigenvalue weighted by molar-refractivity contribution is 5.91. The fourth-order valence-corrected chi connectivity index (χ4v) is 3.92. The van der Waals surface area contributed by atoms with Gasteiger partial charge in [-0.05, 0) is 53.9 Å². The minimum absolute atomic E-state index is 0.0557. The SMILES string of the molecule is C=CC(=O)Oc1cc(-c2ccc(OC(=O)C(=C)COC)cc2)c(OCCCC)cc1-c1ccc(OC(=O)C(=C)COC)cc1. The summed E-state index contributed by atoms with van der Waals surface area (Å²) in [5, 5.41) is 0. The van der Waals surface area contributed by atoms with E-state index in [9.17, 15) is 14.4 Å². The van der Waals surface area contributed by atoms with E-state index in [1.807, 2.05) is 0 Å². The lowest BCUT2D eigenvalue weighted by atomic mass is 9.97. The van der Waals surface area contributed by atoms with Crippen LogP contribution in [0.2, 0.25) is 0 Å². The molecule has 0 radical (unpaired) electrons. The molecular formula is C35H36O9. The van der Waals surface area contributed by atoms with Crippen LogP contribution >= 0.6 is 0 Å². The number of benzene rings is 3. The lowest BCUT2D eigenvalue weighted by Gasteiger charge is -2.18. The molecule has 9 heteroatoms. The molecule has 0 saturated heterocycles. The first-order chi connectivity index (χ1) is 21.2. The van der Waals surface area contributed by atoms with E-state index >= 15 is 0 Å². The van der Waals surface area contributed by atoms with Crippen LogP contribution in [0.3, 0.4) is 0 Å². The molecule has 0 bridgehead atoms. The summed E-state index contributed by atoms with van der Waals surface area (Å²) in [6, 6.07) is 17.0. The maximum absolute atomic E-state index is 12.3. The van der Waals surface area contributed by atoms with Crippen molar-refractivity contribution in [2.75, 3.05) is 34.0 Å². The monoisotopic (exact) mass is 600 g/mol. The summed E-state index contributed by atoms with van der Waals surface area (Å²) < 4.78 is 32.5. The maximum Gasteiger partial charge on any atom is 0.341 e. The zero-order valence-corrected chi connectivity index (χ0v) is 25.2. The van der Waals surface area contributed by atoms with E-state index in [0.717, 1.165) is 24.5 Å². The first-order valence-electron chi connectivity index (χ1n) is 13.8. The summed E-state index contributed by atoms with van der Waals surface area (Å²) in [5.74, 6) is -0.385. The summed E-state index contributed by atoms with van der Waals surface area (Å²) in [6.07, 6.45) is 2.84. The van der Waals surface area contributed by atoms with Gasteiger partial charge in [0.15, 0.2) is 0 Å². The van der Waals surface area contributed by atoms with Gasteiger partial charge in [0, 0.05) is 31.4 Å². The molecule has 0 amide bonds. The Bertz CT molecular complexity index is 1500. The molecule has 0 aromatic heterocycles. The zero-order chi connectivity index (χ0) is 32.1. The molecule has 0 saturated carbocycles. The number of hydrogen-bond donors (Lipinski definition) is 0. The Balaban J connectivity index is 2.01. The Kier molecular flexibility index (Phi) is 12.6. The van der Waals surface area contributed by atoms with Crippen molar-refractivity contribution in [2.45, 2.75) is 19.8 Å². The second kappa shape index (κ2) is 16.6. The van der Waals surface area contributed by atoms with E-state index in [2.05, 4.69) is 26.7 Å². The third-order valence-electron chi connectivity index (χ3n) is 6.18. The molecular weight excluding hydrogens is 564 g/mol. The maximum atomic E-state index is 12.3. The van der Waals surface area contributed by atoms with Crippen LogP contribution in [-0.4, -0.2) is 51.9 Å². The van der Waals surface area contributed by atoms with E-state index in [1.165, 1.54) is 14.2 Å². The largest absolute Gasteiger partial charge is 0.493 e. The Morgan fingerprint density at radius 3 is 1.59 bits per heavy atom. The van der Waals surface area contributed by atoms with Gasteiger partial charge in [-0.15, -0.1) is 0 Å². The van der Waals surface area contributed by atoms with Crippen LogP contribution in [0.5, 0.6) is 23.0 Å². The molecule has 3 aromatic rings.